The van der Waals surface area contributed by atoms with E-state index in [4.69, 9.17) is 4.74 Å². The van der Waals surface area contributed by atoms with Crippen molar-refractivity contribution < 1.29 is 23.1 Å². The van der Waals surface area contributed by atoms with Crippen LogP contribution in [-0.4, -0.2) is 33.3 Å². The Morgan fingerprint density at radius 1 is 1.68 bits per heavy atom. The van der Waals surface area contributed by atoms with E-state index in [9.17, 15) is 23.4 Å². The van der Waals surface area contributed by atoms with E-state index >= 15 is 0 Å². The van der Waals surface area contributed by atoms with Crippen LogP contribution in [0.5, 0.6) is 0 Å². The van der Waals surface area contributed by atoms with Crippen molar-refractivity contribution in [1.29, 1.82) is 0 Å². The second-order valence-corrected chi connectivity index (χ2v) is 6.65. The molecular weight excluding hydrogens is 318 g/mol. The van der Waals surface area contributed by atoms with Crippen LogP contribution in [0.4, 0.5) is 4.39 Å². The normalized spacial score (nSPS) is 27.5. The van der Waals surface area contributed by atoms with Crippen LogP contribution in [0.1, 0.15) is 18.2 Å². The predicted octanol–water partition coefficient (Wildman–Crippen LogP) is 0.816. The molecule has 122 valence electrons. The molecule has 22 heavy (non-hydrogen) atoms. The summed E-state index contributed by atoms with van der Waals surface area (Å²) in [4.78, 5) is 34.3. The fourth-order valence-corrected chi connectivity index (χ4v) is 2.51. The van der Waals surface area contributed by atoms with Gasteiger partial charge in [0.05, 0.1) is 6.61 Å². The third-order valence-corrected chi connectivity index (χ3v) is 4.25. The van der Waals surface area contributed by atoms with Crippen molar-refractivity contribution in [1.82, 2.24) is 9.55 Å². The summed E-state index contributed by atoms with van der Waals surface area (Å²) < 4.78 is 36.3. The molecule has 0 aromatic carbocycles. The Balaban J connectivity index is 2.12. The Bertz CT molecular complexity index is 729. The van der Waals surface area contributed by atoms with E-state index in [0.29, 0.717) is 0 Å². The number of alkyl halides is 1. The van der Waals surface area contributed by atoms with E-state index in [1.54, 1.807) is 0 Å². The van der Waals surface area contributed by atoms with Crippen LogP contribution in [0, 0.1) is 6.92 Å². The lowest BCUT2D eigenvalue weighted by atomic mass is 10.2. The fourth-order valence-electron chi connectivity index (χ4n) is 2.04. The molecule has 1 aliphatic rings. The van der Waals surface area contributed by atoms with Crippen molar-refractivity contribution in [2.45, 2.75) is 31.8 Å². The maximum atomic E-state index is 13.9. The summed E-state index contributed by atoms with van der Waals surface area (Å²) in [6, 6.07) is 0. The summed E-state index contributed by atoms with van der Waals surface area (Å²) in [5.41, 5.74) is -0.957. The first kappa shape index (κ1) is 16.8. The molecule has 1 aromatic rings. The summed E-state index contributed by atoms with van der Waals surface area (Å²) in [6.07, 6.45) is -2.35. The number of hydrogen-bond donors (Lipinski definition) is 2. The molecule has 1 unspecified atom stereocenters. The number of aromatic nitrogens is 2. The van der Waals surface area contributed by atoms with Crippen LogP contribution in [-0.2, 0) is 13.8 Å². The molecule has 0 amide bonds. The first-order chi connectivity index (χ1) is 10.2. The Morgan fingerprint density at radius 2 is 2.36 bits per heavy atom. The molecule has 0 radical (unpaired) electrons. The van der Waals surface area contributed by atoms with E-state index in [1.165, 1.54) is 13.1 Å². The maximum Gasteiger partial charge on any atom is 0.351 e. The zero-order valence-corrected chi connectivity index (χ0v) is 12.7. The van der Waals surface area contributed by atoms with Gasteiger partial charge in [-0.05, 0) is 6.92 Å². The van der Waals surface area contributed by atoms with E-state index < -0.39 is 44.0 Å². The maximum absolute atomic E-state index is 13.9. The second-order valence-electron chi connectivity index (χ2n) is 4.90. The molecule has 1 aliphatic heterocycles. The SMILES string of the molecule is C=CP(=O)(O)OC[C@H]1O[C@@H](n2cc(C)c(=O)[nH]c2=O)C[C@@H]1F. The standard InChI is InChI=1S/C12H16FN2O6P/c1-3-22(18,19)20-6-9-8(13)4-10(21-9)15-5-7(2)11(16)14-12(15)17/h3,5,8-10H,1,4,6H2,2H3,(H,18,19)(H,14,16,17)/t8-,9+,10+/m0/s1. The number of ether oxygens (including phenoxy) is 1. The molecule has 10 heteroatoms. The van der Waals surface area contributed by atoms with Crippen LogP contribution >= 0.6 is 7.60 Å². The number of nitrogens with zero attached hydrogens (tertiary/aromatic N) is 1. The minimum atomic E-state index is -3.97. The molecule has 0 spiro atoms. The molecule has 0 bridgehead atoms. The highest BCUT2D eigenvalue weighted by molar-refractivity contribution is 7.56. The predicted molar refractivity (Wildman–Crippen MR) is 75.5 cm³/mol. The van der Waals surface area contributed by atoms with Gasteiger partial charge in [0, 0.05) is 24.0 Å². The van der Waals surface area contributed by atoms with E-state index in [1.807, 2.05) is 0 Å². The van der Waals surface area contributed by atoms with Gasteiger partial charge in [0.1, 0.15) is 18.5 Å². The summed E-state index contributed by atoms with van der Waals surface area (Å²) in [5, 5.41) is 0. The molecule has 0 saturated carbocycles. The molecule has 1 fully saturated rings. The monoisotopic (exact) mass is 334 g/mol. The smallest absolute Gasteiger partial charge is 0.349 e. The average Bonchev–Trinajstić information content (AvgIpc) is 2.82. The van der Waals surface area contributed by atoms with Gasteiger partial charge in [0.2, 0.25) is 0 Å². The molecule has 1 aromatic heterocycles. The van der Waals surface area contributed by atoms with Crippen molar-refractivity contribution in [2.75, 3.05) is 6.61 Å². The number of aryl methyl sites for hydroxylation is 1. The van der Waals surface area contributed by atoms with Gasteiger partial charge in [0.25, 0.3) is 5.56 Å². The van der Waals surface area contributed by atoms with E-state index in [2.05, 4.69) is 16.1 Å². The number of rotatable bonds is 5. The van der Waals surface area contributed by atoms with E-state index in [-0.39, 0.29) is 12.0 Å². The Kier molecular flexibility index (Phi) is 4.81. The topological polar surface area (TPSA) is 111 Å². The molecule has 2 N–H and O–H groups in total. The molecule has 8 nitrogen and oxygen atoms in total. The van der Waals surface area contributed by atoms with Crippen LogP contribution in [0.25, 0.3) is 0 Å². The number of hydrogen-bond acceptors (Lipinski definition) is 5. The van der Waals surface area contributed by atoms with Crippen molar-refractivity contribution in [3.8, 4) is 0 Å². The van der Waals surface area contributed by atoms with Gasteiger partial charge in [-0.2, -0.15) is 0 Å². The van der Waals surface area contributed by atoms with Crippen LogP contribution < -0.4 is 11.2 Å². The minimum absolute atomic E-state index is 0.136. The number of aromatic amines is 1. The third-order valence-electron chi connectivity index (χ3n) is 3.27. The molecule has 2 rings (SSSR count). The van der Waals surface area contributed by atoms with Crippen LogP contribution in [0.15, 0.2) is 28.2 Å². The lowest BCUT2D eigenvalue weighted by Crippen LogP contribution is -2.33. The lowest BCUT2D eigenvalue weighted by Gasteiger charge is -2.16. The Morgan fingerprint density at radius 3 is 3.00 bits per heavy atom. The zero-order valence-electron chi connectivity index (χ0n) is 11.8. The number of halogens is 1. The van der Waals surface area contributed by atoms with Crippen molar-refractivity contribution >= 4 is 7.60 Å². The highest BCUT2D eigenvalue weighted by Gasteiger charge is 2.38. The zero-order chi connectivity index (χ0) is 16.5. The van der Waals surface area contributed by atoms with Gasteiger partial charge < -0.3 is 14.2 Å². The average molecular weight is 334 g/mol. The Labute approximate surface area is 124 Å². The highest BCUT2D eigenvalue weighted by Crippen LogP contribution is 2.44. The lowest BCUT2D eigenvalue weighted by molar-refractivity contribution is -0.0318. The van der Waals surface area contributed by atoms with Gasteiger partial charge in [-0.15, -0.1) is 0 Å². The first-order valence-corrected chi connectivity index (χ1v) is 8.10. The van der Waals surface area contributed by atoms with Gasteiger partial charge in [-0.25, -0.2) is 9.18 Å². The van der Waals surface area contributed by atoms with E-state index in [0.717, 1.165) is 10.4 Å². The number of H-pyrrole nitrogens is 1. The molecule has 1 saturated heterocycles. The molecule has 0 aliphatic carbocycles. The summed E-state index contributed by atoms with van der Waals surface area (Å²) >= 11 is 0. The van der Waals surface area contributed by atoms with Crippen molar-refractivity contribution in [3.63, 3.8) is 0 Å². The third kappa shape index (κ3) is 3.61. The Hall–Kier alpha value is -1.54. The van der Waals surface area contributed by atoms with Crippen molar-refractivity contribution in [3.05, 3.63) is 45.0 Å². The highest BCUT2D eigenvalue weighted by atomic mass is 31.2. The van der Waals surface area contributed by atoms with Crippen LogP contribution in [0.3, 0.4) is 0 Å². The molecule has 2 heterocycles. The van der Waals surface area contributed by atoms with Gasteiger partial charge in [-0.3, -0.25) is 18.9 Å². The summed E-state index contributed by atoms with van der Waals surface area (Å²) in [5.74, 6) is 0.739. The van der Waals surface area contributed by atoms with Gasteiger partial charge in [-0.1, -0.05) is 6.58 Å². The minimum Gasteiger partial charge on any atom is -0.349 e. The van der Waals surface area contributed by atoms with Gasteiger partial charge >= 0.3 is 13.3 Å². The van der Waals surface area contributed by atoms with Crippen LogP contribution in [0.2, 0.25) is 0 Å². The number of nitrogens with one attached hydrogen (secondary N) is 1. The fraction of sp³-hybridized carbons (Fsp3) is 0.500. The molecular formula is C12H16FN2O6P. The summed E-state index contributed by atoms with van der Waals surface area (Å²) in [6.45, 7) is 4.19. The molecule has 4 atom stereocenters. The second kappa shape index (κ2) is 6.29. The van der Waals surface area contributed by atoms with Crippen molar-refractivity contribution in [2.24, 2.45) is 0 Å². The first-order valence-electron chi connectivity index (χ1n) is 6.45. The largest absolute Gasteiger partial charge is 0.351 e. The summed E-state index contributed by atoms with van der Waals surface area (Å²) in [7, 11) is -3.97. The quantitative estimate of drug-likeness (QED) is 0.771. The van der Waals surface area contributed by atoms with Gasteiger partial charge in [0.15, 0.2) is 0 Å².